The number of benzene rings is 1. The van der Waals surface area contributed by atoms with Gasteiger partial charge < -0.3 is 24.8 Å². The third-order valence-corrected chi connectivity index (χ3v) is 5.02. The average molecular weight is 359 g/mol. The Kier molecular flexibility index (Phi) is 4.69. The summed E-state index contributed by atoms with van der Waals surface area (Å²) >= 11 is 0. The predicted molar refractivity (Wildman–Crippen MR) is 97.8 cm³/mol. The molecule has 8 nitrogen and oxygen atoms in total. The highest BCUT2D eigenvalue weighted by Crippen LogP contribution is 2.37. The minimum absolute atomic E-state index is 0.196. The van der Waals surface area contributed by atoms with E-state index in [1.807, 2.05) is 16.7 Å². The molecule has 0 unspecified atom stereocenters. The van der Waals surface area contributed by atoms with Crippen LogP contribution in [0.15, 0.2) is 12.1 Å². The Morgan fingerprint density at radius 3 is 2.88 bits per heavy atom. The maximum absolute atomic E-state index is 10.3. The first kappa shape index (κ1) is 17.1. The number of hydrogen-bond donors (Lipinski definition) is 3. The van der Waals surface area contributed by atoms with Gasteiger partial charge in [0.15, 0.2) is 11.5 Å². The fraction of sp³-hybridized carbons (Fsp3) is 0.556. The topological polar surface area (TPSA) is 95.6 Å². The van der Waals surface area contributed by atoms with Crippen LogP contribution in [0.1, 0.15) is 12.8 Å². The number of rotatable bonds is 6. The number of likely N-dealkylation sites (tertiary alicyclic amines) is 1. The quantitative estimate of drug-likeness (QED) is 0.706. The molecule has 0 saturated carbocycles. The number of β-amino-alcohol motifs (C(OH)–C–C–N with tert-alkyl or cyclic N) is 1. The molecule has 0 spiro atoms. The lowest BCUT2D eigenvalue weighted by Crippen LogP contribution is -2.33. The van der Waals surface area contributed by atoms with Crippen LogP contribution in [0.4, 0.5) is 5.82 Å². The van der Waals surface area contributed by atoms with Crippen molar-refractivity contribution < 1.29 is 14.6 Å². The molecular formula is C18H25N5O3. The van der Waals surface area contributed by atoms with E-state index in [4.69, 9.17) is 14.9 Å². The summed E-state index contributed by atoms with van der Waals surface area (Å²) in [6.45, 7) is 4.43. The van der Waals surface area contributed by atoms with Crippen LogP contribution in [-0.4, -0.2) is 65.6 Å². The highest BCUT2D eigenvalue weighted by Gasteiger charge is 2.21. The van der Waals surface area contributed by atoms with E-state index in [2.05, 4.69) is 15.2 Å². The Bertz CT molecular complexity index is 860. The molecule has 26 heavy (non-hydrogen) atoms. The predicted octanol–water partition coefficient (Wildman–Crippen LogP) is 0.785. The van der Waals surface area contributed by atoms with Crippen molar-refractivity contribution in [1.29, 1.82) is 5.41 Å². The fourth-order valence-corrected chi connectivity index (χ4v) is 3.78. The summed E-state index contributed by atoms with van der Waals surface area (Å²) in [5, 5.41) is 22.6. The van der Waals surface area contributed by atoms with Gasteiger partial charge >= 0.3 is 0 Å². The number of aliphatic hydroxyl groups is 1. The molecule has 0 amide bonds. The van der Waals surface area contributed by atoms with Crippen LogP contribution >= 0.6 is 0 Å². The van der Waals surface area contributed by atoms with Gasteiger partial charge in [-0.1, -0.05) is 0 Å². The first-order chi connectivity index (χ1) is 12.7. The molecule has 1 aromatic carbocycles. The molecule has 0 aliphatic carbocycles. The van der Waals surface area contributed by atoms with E-state index in [9.17, 15) is 5.11 Å². The van der Waals surface area contributed by atoms with Gasteiger partial charge in [0.25, 0.3) is 0 Å². The van der Waals surface area contributed by atoms with Crippen LogP contribution in [0.5, 0.6) is 11.5 Å². The zero-order valence-corrected chi connectivity index (χ0v) is 15.0. The number of nitrogens with zero attached hydrogens (tertiary/aromatic N) is 3. The molecule has 2 aromatic rings. The molecule has 0 radical (unpaired) electrons. The molecule has 1 atom stereocenters. The van der Waals surface area contributed by atoms with Crippen molar-refractivity contribution in [2.24, 2.45) is 0 Å². The lowest BCUT2D eigenvalue weighted by Gasteiger charge is -2.20. The number of anilines is 1. The average Bonchev–Trinajstić information content (AvgIpc) is 3.31. The lowest BCUT2D eigenvalue weighted by atomic mass is 10.2. The van der Waals surface area contributed by atoms with Gasteiger partial charge in [-0.05, 0) is 38.1 Å². The maximum atomic E-state index is 10.3. The van der Waals surface area contributed by atoms with Gasteiger partial charge in [-0.25, -0.2) is 4.98 Å². The number of fused-ring (bicyclic) bond motifs is 3. The zero-order chi connectivity index (χ0) is 18.1. The van der Waals surface area contributed by atoms with Crippen LogP contribution in [0.2, 0.25) is 0 Å². The summed E-state index contributed by atoms with van der Waals surface area (Å²) in [7, 11) is 1.57. The van der Waals surface area contributed by atoms with Gasteiger partial charge in [0.05, 0.1) is 7.11 Å². The highest BCUT2D eigenvalue weighted by molar-refractivity contribution is 5.95. The van der Waals surface area contributed by atoms with Crippen LogP contribution < -0.4 is 20.4 Å². The Balaban J connectivity index is 1.57. The van der Waals surface area contributed by atoms with E-state index < -0.39 is 6.10 Å². The van der Waals surface area contributed by atoms with Gasteiger partial charge in [0.2, 0.25) is 5.62 Å². The van der Waals surface area contributed by atoms with E-state index >= 15 is 0 Å². The maximum Gasteiger partial charge on any atom is 0.224 e. The van der Waals surface area contributed by atoms with Crippen molar-refractivity contribution in [3.05, 3.63) is 17.8 Å². The number of ether oxygens (including phenoxy) is 2. The number of nitrogens with one attached hydrogen (secondary N) is 2. The molecule has 1 fully saturated rings. The Morgan fingerprint density at radius 2 is 2.12 bits per heavy atom. The van der Waals surface area contributed by atoms with Crippen molar-refractivity contribution in [1.82, 2.24) is 14.5 Å². The molecule has 1 aromatic heterocycles. The van der Waals surface area contributed by atoms with E-state index in [0.29, 0.717) is 23.6 Å². The van der Waals surface area contributed by atoms with Crippen molar-refractivity contribution in [3.63, 3.8) is 0 Å². The summed E-state index contributed by atoms with van der Waals surface area (Å²) in [5.74, 6) is 1.93. The van der Waals surface area contributed by atoms with E-state index in [-0.39, 0.29) is 12.2 Å². The minimum atomic E-state index is -0.551. The van der Waals surface area contributed by atoms with Crippen LogP contribution in [0, 0.1) is 5.41 Å². The third-order valence-electron chi connectivity index (χ3n) is 5.02. The normalized spacial score (nSPS) is 17.9. The largest absolute Gasteiger partial charge is 0.491 e. The molecule has 2 aliphatic rings. The van der Waals surface area contributed by atoms with Gasteiger partial charge in [-0.2, -0.15) is 0 Å². The van der Waals surface area contributed by atoms with Gasteiger partial charge in [0.1, 0.15) is 24.0 Å². The zero-order valence-electron chi connectivity index (χ0n) is 15.0. The number of hydrogen-bond acceptors (Lipinski definition) is 7. The first-order valence-electron chi connectivity index (χ1n) is 9.10. The van der Waals surface area contributed by atoms with E-state index in [1.165, 1.54) is 12.8 Å². The number of aromatic nitrogens is 2. The SMILES string of the molecule is COc1c(OC[C@H](O)CN2CCCC2)ccc2c3n(c(=N)nc12)CCN3. The fourth-order valence-electron chi connectivity index (χ4n) is 3.78. The summed E-state index contributed by atoms with van der Waals surface area (Å²) in [6, 6.07) is 3.77. The molecular weight excluding hydrogens is 334 g/mol. The highest BCUT2D eigenvalue weighted by atomic mass is 16.5. The third kappa shape index (κ3) is 3.10. The Labute approximate surface area is 151 Å². The molecule has 8 heteroatoms. The van der Waals surface area contributed by atoms with Crippen LogP contribution in [0.3, 0.4) is 0 Å². The minimum Gasteiger partial charge on any atom is -0.491 e. The lowest BCUT2D eigenvalue weighted by molar-refractivity contribution is 0.0748. The van der Waals surface area contributed by atoms with Crippen LogP contribution in [0.25, 0.3) is 10.9 Å². The van der Waals surface area contributed by atoms with E-state index in [1.54, 1.807) is 7.11 Å². The second kappa shape index (κ2) is 7.13. The van der Waals surface area contributed by atoms with Crippen molar-refractivity contribution in [3.8, 4) is 11.5 Å². The molecule has 140 valence electrons. The second-order valence-corrected chi connectivity index (χ2v) is 6.83. The van der Waals surface area contributed by atoms with Gasteiger partial charge in [-0.15, -0.1) is 0 Å². The second-order valence-electron chi connectivity index (χ2n) is 6.83. The van der Waals surface area contributed by atoms with Crippen LogP contribution in [-0.2, 0) is 6.54 Å². The van der Waals surface area contributed by atoms with E-state index in [0.717, 1.165) is 37.4 Å². The molecule has 4 rings (SSSR count). The summed E-state index contributed by atoms with van der Waals surface area (Å²) in [6.07, 6.45) is 1.85. The number of aliphatic hydroxyl groups excluding tert-OH is 1. The van der Waals surface area contributed by atoms with Crippen molar-refractivity contribution >= 4 is 16.7 Å². The molecule has 2 aliphatic heterocycles. The molecule has 0 bridgehead atoms. The monoisotopic (exact) mass is 359 g/mol. The molecule has 3 N–H and O–H groups in total. The molecule has 3 heterocycles. The molecule has 1 saturated heterocycles. The smallest absolute Gasteiger partial charge is 0.224 e. The summed E-state index contributed by atoms with van der Waals surface area (Å²) in [5.41, 5.74) is 0.798. The Hall–Kier alpha value is -2.32. The Morgan fingerprint density at radius 1 is 1.31 bits per heavy atom. The first-order valence-corrected chi connectivity index (χ1v) is 9.10. The van der Waals surface area contributed by atoms with Crippen molar-refractivity contribution in [2.45, 2.75) is 25.5 Å². The van der Waals surface area contributed by atoms with Crippen molar-refractivity contribution in [2.75, 3.05) is 45.2 Å². The number of methoxy groups -OCH3 is 1. The van der Waals surface area contributed by atoms with Gasteiger partial charge in [-0.3, -0.25) is 9.98 Å². The summed E-state index contributed by atoms with van der Waals surface area (Å²) < 4.78 is 13.2. The van der Waals surface area contributed by atoms with Gasteiger partial charge in [0, 0.05) is 25.0 Å². The summed E-state index contributed by atoms with van der Waals surface area (Å²) in [4.78, 5) is 6.66. The standard InChI is InChI=1S/C18H25N5O3/c1-25-16-14(26-11-12(24)10-22-7-2-3-8-22)5-4-13-15(16)21-18(19)23-9-6-20-17(13)23/h4-5,12,19-20,24H,2-3,6-11H2,1H3/t12-/m1/s1.